The van der Waals surface area contributed by atoms with Crippen LogP contribution >= 0.6 is 11.3 Å². The summed E-state index contributed by atoms with van der Waals surface area (Å²) in [6.45, 7) is 2.23. The van der Waals surface area contributed by atoms with Gasteiger partial charge in [0, 0.05) is 17.6 Å². The molecule has 0 aliphatic heterocycles. The number of aromatic nitrogens is 1. The number of thiazole rings is 1. The fourth-order valence-electron chi connectivity index (χ4n) is 1.92. The third kappa shape index (κ3) is 3.79. The number of nitrogens with two attached hydrogens (primary N) is 1. The predicted molar refractivity (Wildman–Crippen MR) is 82.7 cm³/mol. The lowest BCUT2D eigenvalue weighted by Gasteiger charge is -2.11. The zero-order valence-electron chi connectivity index (χ0n) is 11.5. The molecule has 0 atom stereocenters. The average molecular weight is 327 g/mol. The summed E-state index contributed by atoms with van der Waals surface area (Å²) in [5, 5.41) is 1.60. The van der Waals surface area contributed by atoms with E-state index in [1.807, 2.05) is 13.0 Å². The van der Waals surface area contributed by atoms with Crippen molar-refractivity contribution in [2.45, 2.75) is 31.3 Å². The van der Waals surface area contributed by atoms with Crippen molar-refractivity contribution in [1.82, 2.24) is 9.71 Å². The Balaban J connectivity index is 2.27. The minimum atomic E-state index is -3.65. The molecule has 0 saturated carbocycles. The van der Waals surface area contributed by atoms with Crippen molar-refractivity contribution >= 4 is 21.4 Å². The molecule has 0 radical (unpaired) electrons. The third-order valence-corrected chi connectivity index (χ3v) is 5.26. The van der Waals surface area contributed by atoms with E-state index in [2.05, 4.69) is 9.71 Å². The number of H-pyrrole nitrogens is 1. The van der Waals surface area contributed by atoms with Crippen molar-refractivity contribution in [3.63, 3.8) is 0 Å². The van der Waals surface area contributed by atoms with E-state index in [9.17, 15) is 13.2 Å². The van der Waals surface area contributed by atoms with Gasteiger partial charge in [-0.25, -0.2) is 13.1 Å². The minimum Gasteiger partial charge on any atom is -0.326 e. The van der Waals surface area contributed by atoms with E-state index >= 15 is 0 Å². The quantitative estimate of drug-likeness (QED) is 0.734. The molecule has 1 aromatic carbocycles. The van der Waals surface area contributed by atoms with Gasteiger partial charge in [0.2, 0.25) is 10.0 Å². The second-order valence-electron chi connectivity index (χ2n) is 4.50. The molecule has 0 saturated heterocycles. The lowest BCUT2D eigenvalue weighted by molar-refractivity contribution is 0.579. The maximum Gasteiger partial charge on any atom is 0.304 e. The van der Waals surface area contributed by atoms with Gasteiger partial charge in [0.05, 0.1) is 11.4 Å². The molecule has 0 amide bonds. The Kier molecular flexibility index (Phi) is 4.94. The van der Waals surface area contributed by atoms with Crippen molar-refractivity contribution < 1.29 is 8.42 Å². The zero-order valence-corrected chi connectivity index (χ0v) is 13.2. The summed E-state index contributed by atoms with van der Waals surface area (Å²) in [7, 11) is -3.65. The van der Waals surface area contributed by atoms with Crippen LogP contribution in [0.1, 0.15) is 23.7 Å². The second-order valence-corrected chi connectivity index (χ2v) is 7.08. The molecule has 114 valence electrons. The molecule has 0 aliphatic carbocycles. The Morgan fingerprint density at radius 2 is 2.14 bits per heavy atom. The Hall–Kier alpha value is -1.48. The molecule has 8 heteroatoms. The Morgan fingerprint density at radius 1 is 1.38 bits per heavy atom. The Bertz CT molecular complexity index is 778. The number of aryl methyl sites for hydroxylation is 1. The number of sulfonamides is 1. The third-order valence-electron chi connectivity index (χ3n) is 3.06. The van der Waals surface area contributed by atoms with Gasteiger partial charge in [0.1, 0.15) is 0 Å². The van der Waals surface area contributed by atoms with Crippen LogP contribution in [0.2, 0.25) is 0 Å². The lowest BCUT2D eigenvalue weighted by Crippen LogP contribution is -2.25. The van der Waals surface area contributed by atoms with Crippen LogP contribution in [0.3, 0.4) is 0 Å². The average Bonchev–Trinajstić information content (AvgIpc) is 2.90. The normalized spacial score (nSPS) is 11.7. The standard InChI is InChI=1S/C13H17N3O3S2/c1-2-10-4-3-9(6-14)5-12(10)21(18,19)15-7-11-8-20-13(17)16-11/h3-5,8,15H,2,6-7,14H2,1H3,(H,16,17). The van der Waals surface area contributed by atoms with E-state index in [0.29, 0.717) is 12.1 Å². The highest BCUT2D eigenvalue weighted by atomic mass is 32.2. The highest BCUT2D eigenvalue weighted by Crippen LogP contribution is 2.18. The summed E-state index contributed by atoms with van der Waals surface area (Å²) in [6, 6.07) is 5.20. The zero-order chi connectivity index (χ0) is 15.5. The molecule has 0 bridgehead atoms. The molecule has 21 heavy (non-hydrogen) atoms. The molecule has 6 nitrogen and oxygen atoms in total. The second kappa shape index (κ2) is 6.52. The van der Waals surface area contributed by atoms with Crippen LogP contribution in [-0.2, 0) is 29.5 Å². The molecule has 1 aromatic heterocycles. The lowest BCUT2D eigenvalue weighted by atomic mass is 10.1. The SMILES string of the molecule is CCc1ccc(CN)cc1S(=O)(=O)NCc1csc(=O)[nH]1. The summed E-state index contributed by atoms with van der Waals surface area (Å²) in [5.74, 6) is 0. The highest BCUT2D eigenvalue weighted by Gasteiger charge is 2.18. The van der Waals surface area contributed by atoms with Crippen molar-refractivity contribution in [3.8, 4) is 0 Å². The first-order valence-electron chi connectivity index (χ1n) is 6.44. The molecule has 0 aliphatic rings. The molecular formula is C13H17N3O3S2. The van der Waals surface area contributed by atoms with Crippen LogP contribution in [0.25, 0.3) is 0 Å². The monoisotopic (exact) mass is 327 g/mol. The van der Waals surface area contributed by atoms with Crippen molar-refractivity contribution in [1.29, 1.82) is 0 Å². The van der Waals surface area contributed by atoms with E-state index in [4.69, 9.17) is 5.73 Å². The minimum absolute atomic E-state index is 0.0527. The first-order chi connectivity index (χ1) is 9.96. The van der Waals surface area contributed by atoms with Gasteiger partial charge in [-0.2, -0.15) is 0 Å². The van der Waals surface area contributed by atoms with E-state index in [0.717, 1.165) is 22.5 Å². The fourth-order valence-corrected chi connectivity index (χ4v) is 3.87. The number of nitrogens with one attached hydrogen (secondary N) is 2. The van der Waals surface area contributed by atoms with Crippen LogP contribution in [0.15, 0.2) is 33.3 Å². The number of hydrogen-bond donors (Lipinski definition) is 3. The molecule has 2 aromatic rings. The summed E-state index contributed by atoms with van der Waals surface area (Å²) in [5.41, 5.74) is 7.61. The molecule has 4 N–H and O–H groups in total. The number of hydrogen-bond acceptors (Lipinski definition) is 5. The summed E-state index contributed by atoms with van der Waals surface area (Å²) in [6.07, 6.45) is 0.608. The van der Waals surface area contributed by atoms with E-state index < -0.39 is 10.0 Å². The number of rotatable bonds is 6. The van der Waals surface area contributed by atoms with Gasteiger partial charge in [-0.1, -0.05) is 30.4 Å². The maximum absolute atomic E-state index is 12.4. The first-order valence-corrected chi connectivity index (χ1v) is 8.80. The topological polar surface area (TPSA) is 105 Å². The highest BCUT2D eigenvalue weighted by molar-refractivity contribution is 7.89. The molecule has 0 fully saturated rings. The summed E-state index contributed by atoms with van der Waals surface area (Å²) >= 11 is 1.00. The molecular weight excluding hydrogens is 310 g/mol. The van der Waals surface area contributed by atoms with E-state index in [1.54, 1.807) is 17.5 Å². The van der Waals surface area contributed by atoms with Gasteiger partial charge in [-0.3, -0.25) is 4.79 Å². The Morgan fingerprint density at radius 3 is 2.71 bits per heavy atom. The van der Waals surface area contributed by atoms with Crippen LogP contribution < -0.4 is 15.3 Å². The molecule has 0 unspecified atom stereocenters. The van der Waals surface area contributed by atoms with Gasteiger partial charge >= 0.3 is 4.87 Å². The van der Waals surface area contributed by atoms with E-state index in [-0.39, 0.29) is 22.9 Å². The largest absolute Gasteiger partial charge is 0.326 e. The summed E-state index contributed by atoms with van der Waals surface area (Å²) in [4.78, 5) is 13.6. The van der Waals surface area contributed by atoms with Crippen molar-refractivity contribution in [2.75, 3.05) is 0 Å². The van der Waals surface area contributed by atoms with Crippen LogP contribution in [0, 0.1) is 0 Å². The van der Waals surface area contributed by atoms with Crippen LogP contribution in [-0.4, -0.2) is 13.4 Å². The molecule has 1 heterocycles. The maximum atomic E-state index is 12.4. The van der Waals surface area contributed by atoms with E-state index in [1.165, 1.54) is 0 Å². The summed E-state index contributed by atoms with van der Waals surface area (Å²) < 4.78 is 27.3. The fraction of sp³-hybridized carbons (Fsp3) is 0.308. The van der Waals surface area contributed by atoms with Crippen LogP contribution in [0.4, 0.5) is 0 Å². The van der Waals surface area contributed by atoms with Gasteiger partial charge in [-0.15, -0.1) is 0 Å². The van der Waals surface area contributed by atoms with Gasteiger partial charge < -0.3 is 10.7 Å². The molecule has 2 rings (SSSR count). The van der Waals surface area contributed by atoms with Crippen molar-refractivity contribution in [2.24, 2.45) is 5.73 Å². The van der Waals surface area contributed by atoms with Crippen molar-refractivity contribution in [3.05, 3.63) is 50.1 Å². The number of benzene rings is 1. The molecule has 0 spiro atoms. The number of aromatic amines is 1. The Labute approximate surface area is 127 Å². The first kappa shape index (κ1) is 15.9. The van der Waals surface area contributed by atoms with Gasteiger partial charge in [0.25, 0.3) is 0 Å². The smallest absolute Gasteiger partial charge is 0.304 e. The predicted octanol–water partition coefficient (Wildman–Crippen LogP) is 0.936. The van der Waals surface area contributed by atoms with Crippen LogP contribution in [0.5, 0.6) is 0 Å². The van der Waals surface area contributed by atoms with Gasteiger partial charge in [0.15, 0.2) is 0 Å². The van der Waals surface area contributed by atoms with Gasteiger partial charge in [-0.05, 0) is 23.6 Å².